The monoisotopic (exact) mass is 495 g/mol. The number of hydrogen-bond acceptors (Lipinski definition) is 8. The van der Waals surface area contributed by atoms with Crippen molar-refractivity contribution in [2.75, 3.05) is 13.1 Å². The van der Waals surface area contributed by atoms with E-state index in [2.05, 4.69) is 20.3 Å². The van der Waals surface area contributed by atoms with Gasteiger partial charge in [0.05, 0.1) is 16.4 Å². The third-order valence-electron chi connectivity index (χ3n) is 6.00. The average molecular weight is 496 g/mol. The summed E-state index contributed by atoms with van der Waals surface area (Å²) in [5.41, 5.74) is 0.667. The van der Waals surface area contributed by atoms with E-state index in [1.54, 1.807) is 4.68 Å². The number of nitrogens with one attached hydrogen (secondary N) is 1. The van der Waals surface area contributed by atoms with E-state index in [1.807, 2.05) is 30.3 Å². The normalized spacial score (nSPS) is 17.0. The lowest BCUT2D eigenvalue weighted by Crippen LogP contribution is -2.39. The van der Waals surface area contributed by atoms with E-state index in [-0.39, 0.29) is 35.1 Å². The average Bonchev–Trinajstić information content (AvgIpc) is 3.28. The number of non-ortho nitro benzene ring substituents is 1. The van der Waals surface area contributed by atoms with Gasteiger partial charge < -0.3 is 4.98 Å². The maximum atomic E-state index is 13.2. The molecule has 0 bridgehead atoms. The Balaban J connectivity index is 1.45. The number of sulfonamides is 1. The third kappa shape index (κ3) is 4.42. The van der Waals surface area contributed by atoms with Crippen molar-refractivity contribution >= 4 is 26.9 Å². The Kier molecular flexibility index (Phi) is 5.86. The summed E-state index contributed by atoms with van der Waals surface area (Å²) < 4.78 is 29.3. The van der Waals surface area contributed by atoms with Gasteiger partial charge in [-0.05, 0) is 24.5 Å². The minimum absolute atomic E-state index is 0.0831. The van der Waals surface area contributed by atoms with Crippen molar-refractivity contribution in [3.8, 4) is 0 Å². The number of aromatic nitrogens is 5. The lowest BCUT2D eigenvalue weighted by atomic mass is 9.99. The van der Waals surface area contributed by atoms with Crippen molar-refractivity contribution in [1.82, 2.24) is 29.3 Å². The van der Waals surface area contributed by atoms with Gasteiger partial charge in [0.15, 0.2) is 11.2 Å². The lowest BCUT2D eigenvalue weighted by Gasteiger charge is -2.31. The second-order valence-corrected chi connectivity index (χ2v) is 10.3. The predicted molar refractivity (Wildman–Crippen MR) is 125 cm³/mol. The van der Waals surface area contributed by atoms with Crippen LogP contribution in [-0.2, 0) is 16.6 Å². The van der Waals surface area contributed by atoms with Crippen LogP contribution in [0.4, 0.5) is 5.69 Å². The maximum Gasteiger partial charge on any atom is 0.281 e. The van der Waals surface area contributed by atoms with Gasteiger partial charge in [-0.1, -0.05) is 41.6 Å². The summed E-state index contributed by atoms with van der Waals surface area (Å²) >= 11 is 0. The largest absolute Gasteiger partial charge is 0.308 e. The van der Waals surface area contributed by atoms with Gasteiger partial charge in [-0.2, -0.15) is 4.31 Å². The Hall–Kier alpha value is -3.97. The molecule has 1 N–H and O–H groups in total. The molecule has 1 fully saturated rings. The second-order valence-electron chi connectivity index (χ2n) is 8.31. The smallest absolute Gasteiger partial charge is 0.281 e. The Morgan fingerprint density at radius 1 is 1.14 bits per heavy atom. The van der Waals surface area contributed by atoms with Gasteiger partial charge in [0.1, 0.15) is 5.82 Å². The fourth-order valence-corrected chi connectivity index (χ4v) is 5.79. The van der Waals surface area contributed by atoms with Crippen molar-refractivity contribution in [1.29, 1.82) is 0 Å². The van der Waals surface area contributed by atoms with Crippen molar-refractivity contribution in [3.63, 3.8) is 0 Å². The number of fused-ring (bicyclic) bond motifs is 1. The molecule has 0 aliphatic carbocycles. The number of nitrogens with zero attached hydrogens (tertiary/aromatic N) is 6. The fourth-order valence-electron chi connectivity index (χ4n) is 4.23. The summed E-state index contributed by atoms with van der Waals surface area (Å²) in [7, 11) is -3.97. The van der Waals surface area contributed by atoms with Gasteiger partial charge in [-0.3, -0.25) is 14.9 Å². The van der Waals surface area contributed by atoms with Gasteiger partial charge in [0.25, 0.3) is 11.2 Å². The standard InChI is InChI=1S/C22H21N7O5S/c30-22-19-21(28(26-25-19)13-15-6-2-1-3-7-15)23-20(24-22)16-8-5-11-27(14-16)35(33,34)18-10-4-9-17(12-18)29(31)32/h1-4,6-7,9-10,12,16H,5,8,11,13-14H2,(H,23,24,30). The number of rotatable bonds is 6. The Labute approximate surface area is 199 Å². The molecule has 180 valence electrons. The first kappa shape index (κ1) is 22.8. The van der Waals surface area contributed by atoms with Crippen molar-refractivity contribution < 1.29 is 13.3 Å². The summed E-state index contributed by atoms with van der Waals surface area (Å²) in [4.78, 5) is 30.4. The first-order valence-electron chi connectivity index (χ1n) is 10.9. The molecule has 4 aromatic rings. The molecular weight excluding hydrogens is 474 g/mol. The molecule has 1 unspecified atom stereocenters. The molecule has 0 spiro atoms. The molecule has 2 aromatic carbocycles. The topological polar surface area (TPSA) is 157 Å². The van der Waals surface area contributed by atoms with Gasteiger partial charge >= 0.3 is 0 Å². The van der Waals surface area contributed by atoms with E-state index in [0.717, 1.165) is 11.6 Å². The van der Waals surface area contributed by atoms with Gasteiger partial charge in [-0.15, -0.1) is 5.10 Å². The molecular formula is C22H21N7O5S. The number of nitro benzene ring substituents is 1. The summed E-state index contributed by atoms with van der Waals surface area (Å²) in [5.74, 6) is -0.00699. The lowest BCUT2D eigenvalue weighted by molar-refractivity contribution is -0.385. The molecule has 0 amide bonds. The van der Waals surface area contributed by atoms with Crippen LogP contribution in [0, 0.1) is 10.1 Å². The van der Waals surface area contributed by atoms with Crippen LogP contribution in [0.25, 0.3) is 11.2 Å². The van der Waals surface area contributed by atoms with Crippen LogP contribution in [0.1, 0.15) is 30.1 Å². The SMILES string of the molecule is O=c1[nH]c(C2CCCN(S(=O)(=O)c3cccc([N+](=O)[O-])c3)C2)nc2c1nnn2Cc1ccccc1. The Morgan fingerprint density at radius 2 is 1.94 bits per heavy atom. The molecule has 1 saturated heterocycles. The minimum Gasteiger partial charge on any atom is -0.308 e. The molecule has 13 heteroatoms. The molecule has 1 atom stereocenters. The van der Waals surface area contributed by atoms with Crippen molar-refractivity contribution in [2.24, 2.45) is 0 Å². The van der Waals surface area contributed by atoms with E-state index in [4.69, 9.17) is 0 Å². The van der Waals surface area contributed by atoms with Crippen LogP contribution in [0.15, 0.2) is 64.3 Å². The zero-order chi connectivity index (χ0) is 24.6. The highest BCUT2D eigenvalue weighted by Gasteiger charge is 2.33. The van der Waals surface area contributed by atoms with Crippen molar-refractivity contribution in [3.05, 3.63) is 86.5 Å². The fraction of sp³-hybridized carbons (Fsp3) is 0.273. The molecule has 3 heterocycles. The van der Waals surface area contributed by atoms with Gasteiger partial charge in [0, 0.05) is 31.1 Å². The molecule has 12 nitrogen and oxygen atoms in total. The number of H-pyrrole nitrogens is 1. The van der Waals surface area contributed by atoms with Crippen LogP contribution >= 0.6 is 0 Å². The molecule has 0 saturated carbocycles. The molecule has 0 radical (unpaired) electrons. The number of aromatic amines is 1. The van der Waals surface area contributed by atoms with Crippen LogP contribution in [0.5, 0.6) is 0 Å². The molecule has 35 heavy (non-hydrogen) atoms. The zero-order valence-electron chi connectivity index (χ0n) is 18.4. The summed E-state index contributed by atoms with van der Waals surface area (Å²) in [6, 6.07) is 14.6. The van der Waals surface area contributed by atoms with E-state index >= 15 is 0 Å². The van der Waals surface area contributed by atoms with Crippen molar-refractivity contribution in [2.45, 2.75) is 30.2 Å². The van der Waals surface area contributed by atoms with Gasteiger partial charge in [-0.25, -0.2) is 18.1 Å². The first-order chi connectivity index (χ1) is 16.8. The van der Waals surface area contributed by atoms with E-state index < -0.39 is 20.5 Å². The predicted octanol–water partition coefficient (Wildman–Crippen LogP) is 2.04. The number of nitro groups is 1. The van der Waals surface area contributed by atoms with Crippen LogP contribution in [-0.4, -0.2) is 55.7 Å². The number of benzene rings is 2. The van der Waals surface area contributed by atoms with Gasteiger partial charge in [0.2, 0.25) is 10.0 Å². The highest BCUT2D eigenvalue weighted by Crippen LogP contribution is 2.29. The molecule has 5 rings (SSSR count). The van der Waals surface area contributed by atoms with Crippen LogP contribution < -0.4 is 5.56 Å². The maximum absolute atomic E-state index is 13.2. The third-order valence-corrected chi connectivity index (χ3v) is 7.87. The highest BCUT2D eigenvalue weighted by molar-refractivity contribution is 7.89. The van der Waals surface area contributed by atoms with Crippen LogP contribution in [0.3, 0.4) is 0 Å². The van der Waals surface area contributed by atoms with E-state index in [9.17, 15) is 23.3 Å². The summed E-state index contributed by atoms with van der Waals surface area (Å²) in [5, 5.41) is 19.1. The summed E-state index contributed by atoms with van der Waals surface area (Å²) in [6.45, 7) is 0.729. The number of hydrogen-bond donors (Lipinski definition) is 1. The minimum atomic E-state index is -3.97. The zero-order valence-corrected chi connectivity index (χ0v) is 19.3. The quantitative estimate of drug-likeness (QED) is 0.314. The highest BCUT2D eigenvalue weighted by atomic mass is 32.2. The summed E-state index contributed by atoms with van der Waals surface area (Å²) in [6.07, 6.45) is 1.16. The molecule has 1 aliphatic rings. The Bertz CT molecular complexity index is 1570. The number of piperidine rings is 1. The second kappa shape index (κ2) is 9.00. The Morgan fingerprint density at radius 3 is 2.71 bits per heavy atom. The van der Waals surface area contributed by atoms with E-state index in [0.29, 0.717) is 30.9 Å². The molecule has 2 aromatic heterocycles. The first-order valence-corrected chi connectivity index (χ1v) is 12.4. The van der Waals surface area contributed by atoms with Crippen LogP contribution in [0.2, 0.25) is 0 Å². The molecule has 1 aliphatic heterocycles. The van der Waals surface area contributed by atoms with E-state index in [1.165, 1.54) is 22.5 Å².